The smallest absolute Gasteiger partial charge is 0.338 e. The lowest BCUT2D eigenvalue weighted by Crippen LogP contribution is -2.21. The van der Waals surface area contributed by atoms with Gasteiger partial charge in [-0.3, -0.25) is 9.59 Å². The van der Waals surface area contributed by atoms with Crippen molar-refractivity contribution in [2.45, 2.75) is 19.8 Å². The zero-order valence-corrected chi connectivity index (χ0v) is 15.9. The number of rotatable bonds is 9. The van der Waals surface area contributed by atoms with Gasteiger partial charge in [0.15, 0.2) is 6.61 Å². The van der Waals surface area contributed by atoms with Gasteiger partial charge in [0.2, 0.25) is 0 Å². The summed E-state index contributed by atoms with van der Waals surface area (Å²) in [5.41, 5.74) is 1.86. The van der Waals surface area contributed by atoms with E-state index in [2.05, 4.69) is 5.32 Å². The minimum Gasteiger partial charge on any atom is -0.497 e. The van der Waals surface area contributed by atoms with Crippen LogP contribution < -0.4 is 10.1 Å². The highest BCUT2D eigenvalue weighted by molar-refractivity contribution is 5.94. The number of benzene rings is 2. The lowest BCUT2D eigenvalue weighted by atomic mass is 10.1. The summed E-state index contributed by atoms with van der Waals surface area (Å²) in [6.45, 7) is 1.65. The number of esters is 2. The topological polar surface area (TPSA) is 90.9 Å². The van der Waals surface area contributed by atoms with E-state index in [-0.39, 0.29) is 13.0 Å². The minimum atomic E-state index is -0.457. The van der Waals surface area contributed by atoms with Crippen LogP contribution in [0.2, 0.25) is 0 Å². The summed E-state index contributed by atoms with van der Waals surface area (Å²) in [6, 6.07) is 13.6. The van der Waals surface area contributed by atoms with E-state index in [0.29, 0.717) is 24.3 Å². The Morgan fingerprint density at radius 2 is 1.61 bits per heavy atom. The fourth-order valence-corrected chi connectivity index (χ4v) is 2.36. The quantitative estimate of drug-likeness (QED) is 0.668. The summed E-state index contributed by atoms with van der Waals surface area (Å²) in [4.78, 5) is 35.3. The summed E-state index contributed by atoms with van der Waals surface area (Å²) in [6.07, 6.45) is 0.688. The summed E-state index contributed by atoms with van der Waals surface area (Å²) in [5, 5.41) is 2.60. The van der Waals surface area contributed by atoms with Crippen molar-refractivity contribution in [3.8, 4) is 5.75 Å². The van der Waals surface area contributed by atoms with Crippen LogP contribution in [0.1, 0.15) is 29.3 Å². The van der Waals surface area contributed by atoms with Crippen molar-refractivity contribution in [3.63, 3.8) is 0 Å². The van der Waals surface area contributed by atoms with Gasteiger partial charge in [0.05, 0.1) is 19.3 Å². The molecule has 0 atom stereocenters. The first-order valence-electron chi connectivity index (χ1n) is 8.87. The van der Waals surface area contributed by atoms with E-state index >= 15 is 0 Å². The summed E-state index contributed by atoms with van der Waals surface area (Å²) >= 11 is 0. The number of ether oxygens (including phenoxy) is 3. The van der Waals surface area contributed by atoms with Crippen LogP contribution in [0.25, 0.3) is 0 Å². The van der Waals surface area contributed by atoms with Crippen molar-refractivity contribution < 1.29 is 28.6 Å². The Labute approximate surface area is 163 Å². The van der Waals surface area contributed by atoms with E-state index in [0.717, 1.165) is 11.3 Å². The number of anilines is 1. The molecule has 0 aromatic heterocycles. The van der Waals surface area contributed by atoms with Gasteiger partial charge >= 0.3 is 11.9 Å². The molecule has 0 saturated heterocycles. The van der Waals surface area contributed by atoms with Gasteiger partial charge in [-0.15, -0.1) is 0 Å². The lowest BCUT2D eigenvalue weighted by molar-refractivity contribution is -0.147. The van der Waals surface area contributed by atoms with E-state index in [1.165, 1.54) is 0 Å². The van der Waals surface area contributed by atoms with E-state index in [1.807, 2.05) is 24.3 Å². The summed E-state index contributed by atoms with van der Waals surface area (Å²) < 4.78 is 15.0. The number of methoxy groups -OCH3 is 1. The summed E-state index contributed by atoms with van der Waals surface area (Å²) in [7, 11) is 1.59. The molecule has 28 heavy (non-hydrogen) atoms. The molecule has 1 amide bonds. The third kappa shape index (κ3) is 6.75. The molecule has 0 heterocycles. The molecule has 2 aromatic carbocycles. The second-order valence-electron chi connectivity index (χ2n) is 5.85. The molecule has 0 aliphatic heterocycles. The Hall–Kier alpha value is -3.35. The molecule has 2 aromatic rings. The van der Waals surface area contributed by atoms with Crippen LogP contribution in [0.15, 0.2) is 48.5 Å². The molecule has 0 aliphatic carbocycles. The van der Waals surface area contributed by atoms with Crippen molar-refractivity contribution in [3.05, 3.63) is 59.7 Å². The Kier molecular flexibility index (Phi) is 8.02. The average molecular weight is 385 g/mol. The van der Waals surface area contributed by atoms with E-state index in [9.17, 15) is 14.4 Å². The minimum absolute atomic E-state index is 0.174. The second kappa shape index (κ2) is 10.7. The molecule has 0 spiro atoms. The van der Waals surface area contributed by atoms with Gasteiger partial charge in [-0.25, -0.2) is 4.79 Å². The number of nitrogens with one attached hydrogen (secondary N) is 1. The number of hydrogen-bond acceptors (Lipinski definition) is 6. The maximum absolute atomic E-state index is 11.9. The van der Waals surface area contributed by atoms with Crippen LogP contribution in [0.4, 0.5) is 5.69 Å². The maximum Gasteiger partial charge on any atom is 0.338 e. The highest BCUT2D eigenvalue weighted by atomic mass is 16.5. The molecule has 0 radical (unpaired) electrons. The molecular weight excluding hydrogens is 362 g/mol. The summed E-state index contributed by atoms with van der Waals surface area (Å²) in [5.74, 6) is -0.588. The predicted molar refractivity (Wildman–Crippen MR) is 103 cm³/mol. The van der Waals surface area contributed by atoms with Crippen molar-refractivity contribution >= 4 is 23.5 Å². The zero-order chi connectivity index (χ0) is 20.4. The largest absolute Gasteiger partial charge is 0.497 e. The Bertz CT molecular complexity index is 799. The molecule has 7 nitrogen and oxygen atoms in total. The average Bonchev–Trinajstić information content (AvgIpc) is 2.71. The van der Waals surface area contributed by atoms with Crippen molar-refractivity contribution in [1.29, 1.82) is 0 Å². The Morgan fingerprint density at radius 1 is 0.929 bits per heavy atom. The van der Waals surface area contributed by atoms with Gasteiger partial charge in [-0.1, -0.05) is 12.1 Å². The van der Waals surface area contributed by atoms with Crippen LogP contribution in [-0.4, -0.2) is 38.2 Å². The van der Waals surface area contributed by atoms with Crippen molar-refractivity contribution in [1.82, 2.24) is 0 Å². The molecule has 1 N–H and O–H groups in total. The molecule has 0 saturated carbocycles. The standard InChI is InChI=1S/C21H23NO6/c1-3-27-21(25)16-7-9-17(10-8-16)22-19(23)14-28-20(24)13-6-15-4-11-18(26-2)12-5-15/h4-5,7-12H,3,6,13-14H2,1-2H3,(H,22,23). The molecule has 148 valence electrons. The fraction of sp³-hybridized carbons (Fsp3) is 0.286. The van der Waals surface area contributed by atoms with Gasteiger partial charge in [0, 0.05) is 12.1 Å². The lowest BCUT2D eigenvalue weighted by Gasteiger charge is -2.08. The number of carbonyl (C=O) groups excluding carboxylic acids is 3. The van der Waals surface area contributed by atoms with Crippen LogP contribution in [0, 0.1) is 0 Å². The molecule has 0 fully saturated rings. The van der Waals surface area contributed by atoms with Crippen LogP contribution in [-0.2, 0) is 25.5 Å². The van der Waals surface area contributed by atoms with Gasteiger partial charge in [-0.2, -0.15) is 0 Å². The Morgan fingerprint density at radius 3 is 2.21 bits per heavy atom. The van der Waals surface area contributed by atoms with Crippen molar-refractivity contribution in [2.75, 3.05) is 25.6 Å². The number of carbonyl (C=O) groups is 3. The number of hydrogen-bond donors (Lipinski definition) is 1. The molecule has 7 heteroatoms. The van der Waals surface area contributed by atoms with Gasteiger partial charge < -0.3 is 19.5 Å². The van der Waals surface area contributed by atoms with E-state index in [4.69, 9.17) is 14.2 Å². The highest BCUT2D eigenvalue weighted by Gasteiger charge is 2.10. The first kappa shape index (κ1) is 21.0. The van der Waals surface area contributed by atoms with Crippen LogP contribution >= 0.6 is 0 Å². The highest BCUT2D eigenvalue weighted by Crippen LogP contribution is 2.13. The van der Waals surface area contributed by atoms with Gasteiger partial charge in [0.25, 0.3) is 5.91 Å². The Balaban J connectivity index is 1.72. The predicted octanol–water partition coefficient (Wildman–Crippen LogP) is 2.99. The molecule has 0 bridgehead atoms. The van der Waals surface area contributed by atoms with Crippen molar-refractivity contribution in [2.24, 2.45) is 0 Å². The van der Waals surface area contributed by atoms with Gasteiger partial charge in [-0.05, 0) is 55.3 Å². The van der Waals surface area contributed by atoms with Crippen LogP contribution in [0.3, 0.4) is 0 Å². The maximum atomic E-state index is 11.9. The van der Waals surface area contributed by atoms with E-state index < -0.39 is 17.8 Å². The molecule has 0 unspecified atom stereocenters. The zero-order valence-electron chi connectivity index (χ0n) is 15.9. The number of aryl methyl sites for hydroxylation is 1. The first-order valence-corrected chi connectivity index (χ1v) is 8.87. The van der Waals surface area contributed by atoms with Crippen LogP contribution in [0.5, 0.6) is 5.75 Å². The first-order chi connectivity index (χ1) is 13.5. The molecule has 2 rings (SSSR count). The fourth-order valence-electron chi connectivity index (χ4n) is 2.36. The van der Waals surface area contributed by atoms with Gasteiger partial charge in [0.1, 0.15) is 5.75 Å². The third-order valence-electron chi connectivity index (χ3n) is 3.82. The molecular formula is C21H23NO6. The third-order valence-corrected chi connectivity index (χ3v) is 3.82. The monoisotopic (exact) mass is 385 g/mol. The SMILES string of the molecule is CCOC(=O)c1ccc(NC(=O)COC(=O)CCc2ccc(OC)cc2)cc1. The molecule has 0 aliphatic rings. The second-order valence-corrected chi connectivity index (χ2v) is 5.85. The normalized spacial score (nSPS) is 10.1. The van der Waals surface area contributed by atoms with E-state index in [1.54, 1.807) is 38.3 Å². The number of amides is 1.